The van der Waals surface area contributed by atoms with E-state index >= 15 is 0 Å². The van der Waals surface area contributed by atoms with Gasteiger partial charge < -0.3 is 15.0 Å². The first-order chi connectivity index (χ1) is 12.5. The van der Waals surface area contributed by atoms with Gasteiger partial charge in [-0.15, -0.1) is 0 Å². The largest absolute Gasteiger partial charge is 0.493 e. The van der Waals surface area contributed by atoms with Crippen molar-refractivity contribution in [2.45, 2.75) is 20.3 Å². The van der Waals surface area contributed by atoms with Gasteiger partial charge in [-0.2, -0.15) is 0 Å². The summed E-state index contributed by atoms with van der Waals surface area (Å²) in [6, 6.07) is 14.4. The number of carbonyl (C=O) groups is 2. The van der Waals surface area contributed by atoms with Crippen LogP contribution in [0.1, 0.15) is 30.6 Å². The minimum absolute atomic E-state index is 0.00435. The second kappa shape index (κ2) is 9.97. The maximum atomic E-state index is 12.3. The van der Waals surface area contributed by atoms with E-state index in [0.29, 0.717) is 36.7 Å². The van der Waals surface area contributed by atoms with Gasteiger partial charge in [-0.1, -0.05) is 22.0 Å². The summed E-state index contributed by atoms with van der Waals surface area (Å²) in [5.74, 6) is 0.574. The van der Waals surface area contributed by atoms with Crippen molar-refractivity contribution in [1.29, 1.82) is 0 Å². The van der Waals surface area contributed by atoms with Crippen LogP contribution in [0.4, 0.5) is 5.69 Å². The molecule has 1 N–H and O–H groups in total. The third kappa shape index (κ3) is 5.88. The fraction of sp³-hybridized carbons (Fsp3) is 0.300. The first-order valence-corrected chi connectivity index (χ1v) is 9.40. The van der Waals surface area contributed by atoms with Gasteiger partial charge in [0, 0.05) is 28.8 Å². The molecule has 0 radical (unpaired) electrons. The molecule has 0 aromatic heterocycles. The number of ether oxygens (including phenoxy) is 1. The Balaban J connectivity index is 1.82. The summed E-state index contributed by atoms with van der Waals surface area (Å²) in [6.45, 7) is 5.54. The minimum Gasteiger partial charge on any atom is -0.493 e. The zero-order valence-electron chi connectivity index (χ0n) is 15.0. The van der Waals surface area contributed by atoms with E-state index in [1.165, 1.54) is 0 Å². The van der Waals surface area contributed by atoms with E-state index in [0.717, 1.165) is 4.47 Å². The summed E-state index contributed by atoms with van der Waals surface area (Å²) in [6.07, 6.45) is 0.243. The standard InChI is InChI=1S/C20H23BrN2O3/c1-3-23(4-2)20(25)15-8-10-17(11-9-15)22-19(24)12-13-26-18-7-5-6-16(21)14-18/h5-11,14H,3-4,12-13H2,1-2H3,(H,22,24). The minimum atomic E-state index is -0.136. The first-order valence-electron chi connectivity index (χ1n) is 8.61. The van der Waals surface area contributed by atoms with E-state index in [1.807, 2.05) is 38.1 Å². The molecule has 26 heavy (non-hydrogen) atoms. The van der Waals surface area contributed by atoms with Crippen molar-refractivity contribution in [3.63, 3.8) is 0 Å². The summed E-state index contributed by atoms with van der Waals surface area (Å²) in [5, 5.41) is 2.81. The first kappa shape index (κ1) is 20.0. The van der Waals surface area contributed by atoms with Crippen LogP contribution in [0.15, 0.2) is 53.0 Å². The number of benzene rings is 2. The maximum Gasteiger partial charge on any atom is 0.253 e. The normalized spacial score (nSPS) is 10.3. The highest BCUT2D eigenvalue weighted by Crippen LogP contribution is 2.18. The Morgan fingerprint density at radius 3 is 2.38 bits per heavy atom. The highest BCUT2D eigenvalue weighted by molar-refractivity contribution is 9.10. The molecule has 0 aliphatic rings. The molecule has 2 aromatic carbocycles. The molecule has 0 aliphatic carbocycles. The molecule has 2 aromatic rings. The summed E-state index contributed by atoms with van der Waals surface area (Å²) >= 11 is 3.37. The van der Waals surface area contributed by atoms with Crippen LogP contribution < -0.4 is 10.1 Å². The maximum absolute atomic E-state index is 12.3. The van der Waals surface area contributed by atoms with Crippen LogP contribution in [0.25, 0.3) is 0 Å². The van der Waals surface area contributed by atoms with E-state index in [4.69, 9.17) is 4.74 Å². The number of hydrogen-bond donors (Lipinski definition) is 1. The van der Waals surface area contributed by atoms with Crippen molar-refractivity contribution in [3.8, 4) is 5.75 Å². The van der Waals surface area contributed by atoms with Crippen molar-refractivity contribution in [3.05, 3.63) is 58.6 Å². The van der Waals surface area contributed by atoms with Crippen molar-refractivity contribution in [2.75, 3.05) is 25.0 Å². The molecule has 0 atom stereocenters. The molecule has 0 fully saturated rings. The van der Waals surface area contributed by atoms with Crippen molar-refractivity contribution < 1.29 is 14.3 Å². The molecule has 0 spiro atoms. The summed E-state index contributed by atoms with van der Waals surface area (Å²) in [5.41, 5.74) is 1.28. The smallest absolute Gasteiger partial charge is 0.253 e. The lowest BCUT2D eigenvalue weighted by atomic mass is 10.1. The number of hydrogen-bond acceptors (Lipinski definition) is 3. The molecule has 0 unspecified atom stereocenters. The molecule has 0 saturated carbocycles. The third-order valence-corrected chi connectivity index (χ3v) is 4.35. The molecule has 6 heteroatoms. The SMILES string of the molecule is CCN(CC)C(=O)c1ccc(NC(=O)CCOc2cccc(Br)c2)cc1. The number of halogens is 1. The fourth-order valence-electron chi connectivity index (χ4n) is 2.43. The molecular formula is C20H23BrN2O3. The number of carbonyl (C=O) groups excluding carboxylic acids is 2. The Kier molecular flexibility index (Phi) is 7.66. The van der Waals surface area contributed by atoms with Crippen LogP contribution in [-0.4, -0.2) is 36.4 Å². The topological polar surface area (TPSA) is 58.6 Å². The number of nitrogens with one attached hydrogen (secondary N) is 1. The van der Waals surface area contributed by atoms with E-state index in [-0.39, 0.29) is 18.2 Å². The second-order valence-electron chi connectivity index (χ2n) is 5.66. The summed E-state index contributed by atoms with van der Waals surface area (Å²) in [7, 11) is 0. The van der Waals surface area contributed by atoms with Crippen molar-refractivity contribution >= 4 is 33.4 Å². The van der Waals surface area contributed by atoms with Crippen LogP contribution in [-0.2, 0) is 4.79 Å². The quantitative estimate of drug-likeness (QED) is 0.693. The van der Waals surface area contributed by atoms with Crippen molar-refractivity contribution in [1.82, 2.24) is 4.90 Å². The highest BCUT2D eigenvalue weighted by atomic mass is 79.9. The van der Waals surface area contributed by atoms with E-state index in [2.05, 4.69) is 21.2 Å². The van der Waals surface area contributed by atoms with Crippen molar-refractivity contribution in [2.24, 2.45) is 0 Å². The number of rotatable bonds is 8. The van der Waals surface area contributed by atoms with Gasteiger partial charge in [0.05, 0.1) is 13.0 Å². The Morgan fingerprint density at radius 2 is 1.77 bits per heavy atom. The van der Waals surface area contributed by atoms with Gasteiger partial charge >= 0.3 is 0 Å². The highest BCUT2D eigenvalue weighted by Gasteiger charge is 2.12. The molecule has 0 heterocycles. The molecular weight excluding hydrogens is 396 g/mol. The number of nitrogens with zero attached hydrogens (tertiary/aromatic N) is 1. The van der Waals surface area contributed by atoms with Crippen LogP contribution in [0.3, 0.4) is 0 Å². The monoisotopic (exact) mass is 418 g/mol. The predicted molar refractivity (Wildman–Crippen MR) is 107 cm³/mol. The lowest BCUT2D eigenvalue weighted by molar-refractivity contribution is -0.116. The molecule has 0 aliphatic heterocycles. The zero-order chi connectivity index (χ0) is 18.9. The predicted octanol–water partition coefficient (Wildman–Crippen LogP) is 4.34. The lowest BCUT2D eigenvalue weighted by Crippen LogP contribution is -2.30. The van der Waals surface area contributed by atoms with Gasteiger partial charge in [0.25, 0.3) is 5.91 Å². The fourth-order valence-corrected chi connectivity index (χ4v) is 2.81. The summed E-state index contributed by atoms with van der Waals surface area (Å²) < 4.78 is 6.49. The zero-order valence-corrected chi connectivity index (χ0v) is 16.6. The Hall–Kier alpha value is -2.34. The van der Waals surface area contributed by atoms with E-state index in [1.54, 1.807) is 29.2 Å². The van der Waals surface area contributed by atoms with Crippen LogP contribution in [0, 0.1) is 0 Å². The molecule has 0 saturated heterocycles. The average molecular weight is 419 g/mol. The third-order valence-electron chi connectivity index (χ3n) is 3.86. The Morgan fingerprint density at radius 1 is 1.08 bits per heavy atom. The van der Waals surface area contributed by atoms with E-state index < -0.39 is 0 Å². The summed E-state index contributed by atoms with van der Waals surface area (Å²) in [4.78, 5) is 26.0. The van der Waals surface area contributed by atoms with Crippen LogP contribution in [0.2, 0.25) is 0 Å². The van der Waals surface area contributed by atoms with Crippen LogP contribution >= 0.6 is 15.9 Å². The average Bonchev–Trinajstić information content (AvgIpc) is 2.63. The van der Waals surface area contributed by atoms with Gasteiger partial charge in [-0.3, -0.25) is 9.59 Å². The number of anilines is 1. The van der Waals surface area contributed by atoms with Gasteiger partial charge in [-0.25, -0.2) is 0 Å². The molecule has 5 nitrogen and oxygen atoms in total. The molecule has 2 amide bonds. The molecule has 0 bridgehead atoms. The van der Waals surface area contributed by atoms with E-state index in [9.17, 15) is 9.59 Å². The molecule has 2 rings (SSSR count). The van der Waals surface area contributed by atoms with Gasteiger partial charge in [0.15, 0.2) is 0 Å². The Labute approximate surface area is 162 Å². The lowest BCUT2D eigenvalue weighted by Gasteiger charge is -2.18. The van der Waals surface area contributed by atoms with Gasteiger partial charge in [0.2, 0.25) is 5.91 Å². The number of amides is 2. The molecule has 138 valence electrons. The van der Waals surface area contributed by atoms with Crippen LogP contribution in [0.5, 0.6) is 5.75 Å². The second-order valence-corrected chi connectivity index (χ2v) is 6.57. The van der Waals surface area contributed by atoms with Gasteiger partial charge in [-0.05, 0) is 56.3 Å². The Bertz CT molecular complexity index is 743. The van der Waals surface area contributed by atoms with Gasteiger partial charge in [0.1, 0.15) is 5.75 Å².